The van der Waals surface area contributed by atoms with E-state index in [-0.39, 0.29) is 5.75 Å². The van der Waals surface area contributed by atoms with Crippen molar-refractivity contribution in [3.63, 3.8) is 0 Å². The molecule has 0 bridgehead atoms. The molecule has 0 heterocycles. The fourth-order valence-corrected chi connectivity index (χ4v) is 2.58. The highest BCUT2D eigenvalue weighted by atomic mass is 79.9. The van der Waals surface area contributed by atoms with Gasteiger partial charge in [-0.25, -0.2) is 0 Å². The van der Waals surface area contributed by atoms with Gasteiger partial charge in [-0.2, -0.15) is 0 Å². The van der Waals surface area contributed by atoms with Crippen LogP contribution in [-0.2, 0) is 0 Å². The summed E-state index contributed by atoms with van der Waals surface area (Å²) in [7, 11) is 0. The maximum atomic E-state index is 9.24. The SMILES string of the molecule is Oc1ccc(Sc2ccc(Br)cc2)c(Cl)c1. The number of phenols is 1. The molecule has 0 aromatic heterocycles. The average molecular weight is 316 g/mol. The third kappa shape index (κ3) is 2.94. The summed E-state index contributed by atoms with van der Waals surface area (Å²) in [6.45, 7) is 0. The molecule has 1 N–H and O–H groups in total. The quantitative estimate of drug-likeness (QED) is 0.845. The lowest BCUT2D eigenvalue weighted by Gasteiger charge is -2.04. The fraction of sp³-hybridized carbons (Fsp3) is 0. The van der Waals surface area contributed by atoms with Crippen molar-refractivity contribution >= 4 is 39.3 Å². The number of benzene rings is 2. The molecule has 0 atom stereocenters. The minimum atomic E-state index is 0.185. The van der Waals surface area contributed by atoms with Gasteiger partial charge in [0, 0.05) is 14.3 Å². The van der Waals surface area contributed by atoms with Crippen molar-refractivity contribution in [1.82, 2.24) is 0 Å². The van der Waals surface area contributed by atoms with Gasteiger partial charge in [0.05, 0.1) is 5.02 Å². The maximum absolute atomic E-state index is 9.24. The van der Waals surface area contributed by atoms with Gasteiger partial charge in [-0.3, -0.25) is 0 Å². The fourth-order valence-electron chi connectivity index (χ4n) is 1.20. The second kappa shape index (κ2) is 5.13. The zero-order valence-corrected chi connectivity index (χ0v) is 11.3. The predicted molar refractivity (Wildman–Crippen MR) is 71.4 cm³/mol. The topological polar surface area (TPSA) is 20.2 Å². The van der Waals surface area contributed by atoms with Crippen molar-refractivity contribution in [3.8, 4) is 5.75 Å². The molecule has 0 saturated heterocycles. The second-order valence-corrected chi connectivity index (χ2v) is 5.61. The summed E-state index contributed by atoms with van der Waals surface area (Å²) in [5.41, 5.74) is 0. The van der Waals surface area contributed by atoms with Gasteiger partial charge in [0.15, 0.2) is 0 Å². The van der Waals surface area contributed by atoms with Crippen LogP contribution >= 0.6 is 39.3 Å². The molecule has 2 aromatic carbocycles. The summed E-state index contributed by atoms with van der Waals surface area (Å²) in [4.78, 5) is 2.04. The molecule has 0 spiro atoms. The molecule has 4 heteroatoms. The van der Waals surface area contributed by atoms with Crippen LogP contribution in [0.1, 0.15) is 0 Å². The van der Waals surface area contributed by atoms with Crippen LogP contribution in [0.15, 0.2) is 56.7 Å². The third-order valence-electron chi connectivity index (χ3n) is 1.96. The monoisotopic (exact) mass is 314 g/mol. The maximum Gasteiger partial charge on any atom is 0.117 e. The standard InChI is InChI=1S/C12H8BrClOS/c13-8-1-4-10(5-2-8)16-12-6-3-9(15)7-11(12)14/h1-7,15H. The van der Waals surface area contributed by atoms with Gasteiger partial charge in [-0.05, 0) is 42.5 Å². The first-order valence-electron chi connectivity index (χ1n) is 4.57. The van der Waals surface area contributed by atoms with Gasteiger partial charge in [0.25, 0.3) is 0 Å². The van der Waals surface area contributed by atoms with Crippen LogP contribution in [0, 0.1) is 0 Å². The average Bonchev–Trinajstić information content (AvgIpc) is 2.25. The lowest BCUT2D eigenvalue weighted by atomic mass is 10.3. The van der Waals surface area contributed by atoms with Gasteiger partial charge in [-0.1, -0.05) is 39.3 Å². The first-order chi connectivity index (χ1) is 7.65. The van der Waals surface area contributed by atoms with Gasteiger partial charge >= 0.3 is 0 Å². The van der Waals surface area contributed by atoms with Gasteiger partial charge in [0.2, 0.25) is 0 Å². The molecule has 0 fully saturated rings. The van der Waals surface area contributed by atoms with Gasteiger partial charge in [0.1, 0.15) is 5.75 Å². The molecule has 0 saturated carbocycles. The molecule has 16 heavy (non-hydrogen) atoms. The zero-order chi connectivity index (χ0) is 11.5. The van der Waals surface area contributed by atoms with Gasteiger partial charge in [-0.15, -0.1) is 0 Å². The highest BCUT2D eigenvalue weighted by Gasteiger charge is 2.03. The van der Waals surface area contributed by atoms with Crippen LogP contribution in [-0.4, -0.2) is 5.11 Å². The van der Waals surface area contributed by atoms with E-state index in [1.54, 1.807) is 23.9 Å². The van der Waals surface area contributed by atoms with E-state index in [1.165, 1.54) is 0 Å². The smallest absolute Gasteiger partial charge is 0.117 e. The number of hydrogen-bond donors (Lipinski definition) is 1. The van der Waals surface area contributed by atoms with Crippen molar-refractivity contribution in [2.24, 2.45) is 0 Å². The molecule has 2 aromatic rings. The highest BCUT2D eigenvalue weighted by molar-refractivity contribution is 9.10. The lowest BCUT2D eigenvalue weighted by Crippen LogP contribution is -1.76. The Morgan fingerprint density at radius 2 is 1.75 bits per heavy atom. The number of aromatic hydroxyl groups is 1. The lowest BCUT2D eigenvalue weighted by molar-refractivity contribution is 0.475. The minimum absolute atomic E-state index is 0.185. The largest absolute Gasteiger partial charge is 0.508 e. The first kappa shape index (κ1) is 11.8. The molecular weight excluding hydrogens is 308 g/mol. The van der Waals surface area contributed by atoms with Crippen LogP contribution in [0.3, 0.4) is 0 Å². The van der Waals surface area contributed by atoms with E-state index in [4.69, 9.17) is 11.6 Å². The molecule has 0 unspecified atom stereocenters. The molecule has 0 aliphatic carbocycles. The predicted octanol–water partition coefficient (Wildman–Crippen LogP) is 4.96. The molecule has 2 rings (SSSR count). The molecule has 0 amide bonds. The Morgan fingerprint density at radius 3 is 2.38 bits per heavy atom. The zero-order valence-electron chi connectivity index (χ0n) is 8.15. The summed E-state index contributed by atoms with van der Waals surface area (Å²) in [6, 6.07) is 13.0. The van der Waals surface area contributed by atoms with E-state index in [0.717, 1.165) is 14.3 Å². The summed E-state index contributed by atoms with van der Waals surface area (Å²) in [6.07, 6.45) is 0. The Labute approximate surface area is 112 Å². The van der Waals surface area contributed by atoms with E-state index < -0.39 is 0 Å². The van der Waals surface area contributed by atoms with Crippen LogP contribution in [0.5, 0.6) is 5.75 Å². The van der Waals surface area contributed by atoms with E-state index >= 15 is 0 Å². The summed E-state index contributed by atoms with van der Waals surface area (Å²) in [5.74, 6) is 0.185. The number of hydrogen-bond acceptors (Lipinski definition) is 2. The Balaban J connectivity index is 2.23. The molecule has 82 valence electrons. The minimum Gasteiger partial charge on any atom is -0.508 e. The van der Waals surface area contributed by atoms with Crippen molar-refractivity contribution in [2.45, 2.75) is 9.79 Å². The number of halogens is 2. The number of rotatable bonds is 2. The highest BCUT2D eigenvalue weighted by Crippen LogP contribution is 2.35. The normalized spacial score (nSPS) is 10.4. The van der Waals surface area contributed by atoms with Crippen LogP contribution in [0.4, 0.5) is 0 Å². The number of phenolic OH excluding ortho intramolecular Hbond substituents is 1. The Bertz CT molecular complexity index is 499. The van der Waals surface area contributed by atoms with Crippen molar-refractivity contribution in [3.05, 3.63) is 52.0 Å². The second-order valence-electron chi connectivity index (χ2n) is 3.17. The molecule has 0 radical (unpaired) electrons. The molecular formula is C12H8BrClOS. The Kier molecular flexibility index (Phi) is 3.79. The Hall–Kier alpha value is -0.640. The van der Waals surface area contributed by atoms with Crippen molar-refractivity contribution in [2.75, 3.05) is 0 Å². The van der Waals surface area contributed by atoms with Crippen molar-refractivity contribution in [1.29, 1.82) is 0 Å². The van der Waals surface area contributed by atoms with Crippen LogP contribution < -0.4 is 0 Å². The van der Waals surface area contributed by atoms with E-state index in [0.29, 0.717) is 5.02 Å². The third-order valence-corrected chi connectivity index (χ3v) is 3.99. The van der Waals surface area contributed by atoms with Crippen molar-refractivity contribution < 1.29 is 5.11 Å². The van der Waals surface area contributed by atoms with Crippen LogP contribution in [0.25, 0.3) is 0 Å². The van der Waals surface area contributed by atoms with E-state index in [1.807, 2.05) is 30.3 Å². The summed E-state index contributed by atoms with van der Waals surface area (Å²) < 4.78 is 1.05. The first-order valence-corrected chi connectivity index (χ1v) is 6.56. The summed E-state index contributed by atoms with van der Waals surface area (Å²) >= 11 is 11.0. The van der Waals surface area contributed by atoms with Gasteiger partial charge < -0.3 is 5.11 Å². The van der Waals surface area contributed by atoms with E-state index in [9.17, 15) is 5.11 Å². The van der Waals surface area contributed by atoms with Crippen LogP contribution in [0.2, 0.25) is 5.02 Å². The molecule has 1 nitrogen and oxygen atoms in total. The Morgan fingerprint density at radius 1 is 1.06 bits per heavy atom. The molecule has 0 aliphatic rings. The molecule has 0 aliphatic heterocycles. The summed E-state index contributed by atoms with van der Waals surface area (Å²) in [5, 5.41) is 9.80. The van der Waals surface area contributed by atoms with E-state index in [2.05, 4.69) is 15.9 Å².